The molecule has 0 saturated carbocycles. The molecule has 7 heteroatoms. The molecule has 184 valence electrons. The van der Waals surface area contributed by atoms with Crippen LogP contribution in [0.1, 0.15) is 35.1 Å². The fraction of sp³-hybridized carbons (Fsp3) is 0.321. The van der Waals surface area contributed by atoms with Gasteiger partial charge in [-0.25, -0.2) is 0 Å². The number of ether oxygens (including phenoxy) is 1. The minimum atomic E-state index is -4.28. The minimum Gasteiger partial charge on any atom is -0.377 e. The van der Waals surface area contributed by atoms with Crippen LogP contribution in [0.15, 0.2) is 78.9 Å². The van der Waals surface area contributed by atoms with Crippen molar-refractivity contribution in [1.82, 2.24) is 10.2 Å². The number of rotatable bonds is 4. The molecule has 0 bridgehead atoms. The van der Waals surface area contributed by atoms with Gasteiger partial charge in [0.1, 0.15) is 0 Å². The van der Waals surface area contributed by atoms with E-state index in [1.165, 1.54) is 5.56 Å². The van der Waals surface area contributed by atoms with E-state index in [0.29, 0.717) is 25.7 Å². The lowest BCUT2D eigenvalue weighted by Crippen LogP contribution is -2.38. The van der Waals surface area contributed by atoms with Crippen molar-refractivity contribution in [2.24, 2.45) is 0 Å². The third-order valence-electron chi connectivity index (χ3n) is 6.47. The van der Waals surface area contributed by atoms with E-state index in [0.717, 1.165) is 54.7 Å². The summed E-state index contributed by atoms with van der Waals surface area (Å²) in [5.74, 6) is 0.434. The van der Waals surface area contributed by atoms with Gasteiger partial charge in [0, 0.05) is 13.1 Å². The van der Waals surface area contributed by atoms with Crippen LogP contribution in [0.5, 0.6) is 0 Å². The van der Waals surface area contributed by atoms with E-state index in [9.17, 15) is 18.0 Å². The summed E-state index contributed by atoms with van der Waals surface area (Å²) in [6, 6.07) is 23.5. The molecule has 4 nitrogen and oxygen atoms in total. The molecule has 5 rings (SSSR count). The minimum absolute atomic E-state index is 0.0856. The maximum absolute atomic E-state index is 12.6. The SMILES string of the molecule is FC(F)(F)c1ccc(-c2ccccc2C2CCNC2)cc1.O=CN1CCOCC1c1ccccc1. The predicted molar refractivity (Wildman–Crippen MR) is 130 cm³/mol. The van der Waals surface area contributed by atoms with Gasteiger partial charge in [-0.05, 0) is 53.3 Å². The van der Waals surface area contributed by atoms with Gasteiger partial charge >= 0.3 is 6.18 Å². The van der Waals surface area contributed by atoms with E-state index in [2.05, 4.69) is 11.4 Å². The van der Waals surface area contributed by atoms with Gasteiger partial charge in [-0.15, -0.1) is 0 Å². The number of alkyl halides is 3. The van der Waals surface area contributed by atoms with Crippen LogP contribution in [-0.2, 0) is 15.7 Å². The van der Waals surface area contributed by atoms with Gasteiger partial charge in [0.15, 0.2) is 0 Å². The molecule has 2 unspecified atom stereocenters. The molecule has 2 atom stereocenters. The van der Waals surface area contributed by atoms with Crippen LogP contribution in [-0.4, -0.2) is 44.2 Å². The fourth-order valence-electron chi connectivity index (χ4n) is 4.58. The second-order valence-corrected chi connectivity index (χ2v) is 8.70. The van der Waals surface area contributed by atoms with Crippen LogP contribution in [0.4, 0.5) is 13.2 Å². The number of amides is 1. The smallest absolute Gasteiger partial charge is 0.377 e. The lowest BCUT2D eigenvalue weighted by molar-refractivity contribution is -0.137. The van der Waals surface area contributed by atoms with E-state index in [1.54, 1.807) is 17.0 Å². The summed E-state index contributed by atoms with van der Waals surface area (Å²) < 4.78 is 43.3. The molecule has 0 aromatic heterocycles. The molecule has 1 N–H and O–H groups in total. The molecule has 2 aliphatic rings. The van der Waals surface area contributed by atoms with Crippen LogP contribution < -0.4 is 5.32 Å². The zero-order valence-electron chi connectivity index (χ0n) is 19.4. The topological polar surface area (TPSA) is 41.6 Å². The van der Waals surface area contributed by atoms with E-state index in [-0.39, 0.29) is 6.04 Å². The fourth-order valence-corrected chi connectivity index (χ4v) is 4.58. The van der Waals surface area contributed by atoms with Crippen molar-refractivity contribution < 1.29 is 22.7 Å². The molecule has 2 saturated heterocycles. The summed E-state index contributed by atoms with van der Waals surface area (Å²) in [7, 11) is 0. The average Bonchev–Trinajstić information content (AvgIpc) is 3.44. The summed E-state index contributed by atoms with van der Waals surface area (Å²) in [6.45, 7) is 3.84. The Morgan fingerprint density at radius 3 is 2.31 bits per heavy atom. The second-order valence-electron chi connectivity index (χ2n) is 8.70. The van der Waals surface area contributed by atoms with Crippen LogP contribution >= 0.6 is 0 Å². The predicted octanol–water partition coefficient (Wildman–Crippen LogP) is 5.67. The Morgan fingerprint density at radius 2 is 1.66 bits per heavy atom. The van der Waals surface area contributed by atoms with Crippen molar-refractivity contribution in [3.63, 3.8) is 0 Å². The van der Waals surface area contributed by atoms with Gasteiger partial charge in [0.2, 0.25) is 6.41 Å². The van der Waals surface area contributed by atoms with Crippen molar-refractivity contribution in [2.45, 2.75) is 24.6 Å². The molecular formula is C28H29F3N2O2. The molecule has 2 aliphatic heterocycles. The Morgan fingerprint density at radius 1 is 0.943 bits per heavy atom. The summed E-state index contributed by atoms with van der Waals surface area (Å²) in [5.41, 5.74) is 3.61. The Bertz CT molecular complexity index is 1080. The Hall–Kier alpha value is -3.16. The summed E-state index contributed by atoms with van der Waals surface area (Å²) in [5, 5.41) is 3.33. The highest BCUT2D eigenvalue weighted by molar-refractivity contribution is 5.68. The monoisotopic (exact) mass is 482 g/mol. The molecule has 3 aromatic rings. The summed E-state index contributed by atoms with van der Waals surface area (Å²) in [4.78, 5) is 12.6. The molecule has 0 spiro atoms. The number of carbonyl (C=O) groups is 1. The number of morpholine rings is 1. The third-order valence-corrected chi connectivity index (χ3v) is 6.47. The number of nitrogens with zero attached hydrogens (tertiary/aromatic N) is 1. The Labute approximate surface area is 203 Å². The van der Waals surface area contributed by atoms with Gasteiger partial charge in [-0.1, -0.05) is 66.7 Å². The molecular weight excluding hydrogens is 453 g/mol. The first-order valence-electron chi connectivity index (χ1n) is 11.8. The first-order chi connectivity index (χ1) is 17.0. The van der Waals surface area contributed by atoms with Crippen molar-refractivity contribution in [1.29, 1.82) is 0 Å². The van der Waals surface area contributed by atoms with E-state index in [1.807, 2.05) is 48.5 Å². The van der Waals surface area contributed by atoms with Crippen molar-refractivity contribution in [3.8, 4) is 11.1 Å². The van der Waals surface area contributed by atoms with Gasteiger partial charge in [-0.2, -0.15) is 13.2 Å². The molecule has 2 heterocycles. The van der Waals surface area contributed by atoms with E-state index in [4.69, 9.17) is 4.74 Å². The summed E-state index contributed by atoms with van der Waals surface area (Å²) in [6.07, 6.45) is -2.31. The molecule has 2 fully saturated rings. The number of carbonyl (C=O) groups excluding carboxylic acids is 1. The van der Waals surface area contributed by atoms with Crippen molar-refractivity contribution in [3.05, 3.63) is 95.6 Å². The Balaban J connectivity index is 0.000000179. The molecule has 3 aromatic carbocycles. The first kappa shape index (κ1) is 24.9. The standard InChI is InChI=1S/C17H16F3N.C11H13NO2/c18-17(19,20)14-7-5-12(6-8-14)15-3-1-2-4-16(15)13-9-10-21-11-13;13-9-12-6-7-14-8-11(12)10-4-2-1-3-5-10/h1-8,13,21H,9-11H2;1-5,9,11H,6-8H2. The second kappa shape index (κ2) is 11.5. The van der Waals surface area contributed by atoms with E-state index >= 15 is 0 Å². The molecule has 0 radical (unpaired) electrons. The zero-order chi connectivity index (χ0) is 24.7. The number of nitrogens with one attached hydrogen (secondary N) is 1. The van der Waals surface area contributed by atoms with Crippen LogP contribution in [0.3, 0.4) is 0 Å². The largest absolute Gasteiger partial charge is 0.416 e. The lowest BCUT2D eigenvalue weighted by Gasteiger charge is -2.32. The Kier molecular flexibility index (Phi) is 8.21. The maximum atomic E-state index is 12.6. The van der Waals surface area contributed by atoms with Crippen molar-refractivity contribution >= 4 is 6.41 Å². The number of benzene rings is 3. The number of hydrogen-bond donors (Lipinski definition) is 1. The van der Waals surface area contributed by atoms with Crippen LogP contribution in [0.25, 0.3) is 11.1 Å². The van der Waals surface area contributed by atoms with Gasteiger partial charge in [0.25, 0.3) is 0 Å². The highest BCUT2D eigenvalue weighted by atomic mass is 19.4. The lowest BCUT2D eigenvalue weighted by atomic mass is 9.90. The quantitative estimate of drug-likeness (QED) is 0.488. The van der Waals surface area contributed by atoms with Crippen LogP contribution in [0.2, 0.25) is 0 Å². The molecule has 35 heavy (non-hydrogen) atoms. The molecule has 1 amide bonds. The summed E-state index contributed by atoms with van der Waals surface area (Å²) >= 11 is 0. The third kappa shape index (κ3) is 6.29. The normalized spacial score (nSPS) is 20.1. The highest BCUT2D eigenvalue weighted by Gasteiger charge is 2.30. The van der Waals surface area contributed by atoms with Gasteiger partial charge in [-0.3, -0.25) is 4.79 Å². The highest BCUT2D eigenvalue weighted by Crippen LogP contribution is 2.35. The van der Waals surface area contributed by atoms with Crippen molar-refractivity contribution in [2.75, 3.05) is 32.8 Å². The maximum Gasteiger partial charge on any atom is 0.416 e. The van der Waals surface area contributed by atoms with Gasteiger partial charge < -0.3 is 15.0 Å². The number of halogens is 3. The average molecular weight is 483 g/mol. The van der Waals surface area contributed by atoms with E-state index < -0.39 is 11.7 Å². The van der Waals surface area contributed by atoms with Gasteiger partial charge in [0.05, 0.1) is 24.8 Å². The molecule has 0 aliphatic carbocycles. The van der Waals surface area contributed by atoms with Crippen LogP contribution in [0, 0.1) is 0 Å². The number of hydrogen-bond acceptors (Lipinski definition) is 3. The zero-order valence-corrected chi connectivity index (χ0v) is 19.4. The first-order valence-corrected chi connectivity index (χ1v) is 11.8.